The van der Waals surface area contributed by atoms with Crippen molar-refractivity contribution in [1.82, 2.24) is 4.90 Å². The van der Waals surface area contributed by atoms with Gasteiger partial charge in [-0.2, -0.15) is 0 Å². The van der Waals surface area contributed by atoms with Gasteiger partial charge in [0.2, 0.25) is 0 Å². The molecule has 0 aliphatic carbocycles. The average molecular weight is 401 g/mol. The fourth-order valence-corrected chi connectivity index (χ4v) is 5.47. The average Bonchev–Trinajstić information content (AvgIpc) is 2.68. The molecular weight excluding hydrogens is 372 g/mol. The van der Waals surface area contributed by atoms with Crippen molar-refractivity contribution in [2.45, 2.75) is 32.1 Å². The highest BCUT2D eigenvalue weighted by molar-refractivity contribution is 7.92. The Bertz CT molecular complexity index is 901. The lowest BCUT2D eigenvalue weighted by molar-refractivity contribution is 0.0623. The van der Waals surface area contributed by atoms with Crippen molar-refractivity contribution in [2.75, 3.05) is 23.9 Å². The molecule has 3 rings (SSSR count). The van der Waals surface area contributed by atoms with Crippen LogP contribution in [0.1, 0.15) is 37.6 Å². The molecule has 1 aliphatic rings. The smallest absolute Gasteiger partial charge is 0.264 e. The van der Waals surface area contributed by atoms with Gasteiger partial charge in [0, 0.05) is 25.2 Å². The molecule has 150 valence electrons. The molecule has 1 aliphatic heterocycles. The number of carbonyl (C=O) groups excluding carboxylic acids is 1. The van der Waals surface area contributed by atoms with Crippen LogP contribution in [0.15, 0.2) is 59.5 Å². The van der Waals surface area contributed by atoms with Gasteiger partial charge < -0.3 is 4.90 Å². The number of para-hydroxylation sites is 1. The minimum atomic E-state index is -3.68. The summed E-state index contributed by atoms with van der Waals surface area (Å²) < 4.78 is 27.5. The summed E-state index contributed by atoms with van der Waals surface area (Å²) in [5.41, 5.74) is 1.16. The van der Waals surface area contributed by atoms with Gasteiger partial charge in [0.05, 0.1) is 10.6 Å². The van der Waals surface area contributed by atoms with Gasteiger partial charge in [-0.1, -0.05) is 32.0 Å². The Morgan fingerprint density at radius 3 is 2.11 bits per heavy atom. The van der Waals surface area contributed by atoms with Crippen LogP contribution in [0.3, 0.4) is 0 Å². The summed E-state index contributed by atoms with van der Waals surface area (Å²) in [4.78, 5) is 14.9. The van der Waals surface area contributed by atoms with Gasteiger partial charge in [0.25, 0.3) is 15.9 Å². The first-order valence-corrected chi connectivity index (χ1v) is 11.2. The summed E-state index contributed by atoms with van der Waals surface area (Å²) in [6.45, 7) is 7.96. The van der Waals surface area contributed by atoms with Crippen molar-refractivity contribution in [3.63, 3.8) is 0 Å². The molecule has 1 saturated heterocycles. The topological polar surface area (TPSA) is 57.7 Å². The van der Waals surface area contributed by atoms with E-state index in [2.05, 4.69) is 13.8 Å². The van der Waals surface area contributed by atoms with Gasteiger partial charge in [-0.3, -0.25) is 9.10 Å². The molecule has 0 N–H and O–H groups in total. The first-order chi connectivity index (χ1) is 13.3. The molecule has 28 heavy (non-hydrogen) atoms. The van der Waals surface area contributed by atoms with Crippen LogP contribution < -0.4 is 4.31 Å². The molecule has 0 spiro atoms. The van der Waals surface area contributed by atoms with Gasteiger partial charge in [-0.05, 0) is 61.6 Å². The maximum Gasteiger partial charge on any atom is 0.264 e. The molecule has 0 aromatic heterocycles. The van der Waals surface area contributed by atoms with E-state index in [1.807, 2.05) is 23.1 Å². The van der Waals surface area contributed by atoms with Gasteiger partial charge >= 0.3 is 0 Å². The van der Waals surface area contributed by atoms with Crippen molar-refractivity contribution in [2.24, 2.45) is 11.8 Å². The van der Waals surface area contributed by atoms with Crippen LogP contribution in [-0.4, -0.2) is 38.9 Å². The summed E-state index contributed by atoms with van der Waals surface area (Å²) in [6, 6.07) is 15.3. The first-order valence-electron chi connectivity index (χ1n) is 9.80. The molecule has 1 fully saturated rings. The molecule has 1 amide bonds. The monoisotopic (exact) mass is 400 g/mol. The third kappa shape index (κ3) is 4.22. The third-order valence-electron chi connectivity index (χ3n) is 5.18. The minimum absolute atomic E-state index is 0.0299. The fourth-order valence-electron chi connectivity index (χ4n) is 3.99. The molecule has 5 nitrogen and oxygen atoms in total. The summed E-state index contributed by atoms with van der Waals surface area (Å²) in [5.74, 6) is 0.936. The Morgan fingerprint density at radius 1 is 1.00 bits per heavy atom. The highest BCUT2D eigenvalue weighted by Crippen LogP contribution is 2.25. The number of likely N-dealkylation sites (tertiary alicyclic amines) is 1. The quantitative estimate of drug-likeness (QED) is 0.762. The largest absolute Gasteiger partial charge is 0.338 e. The van der Waals surface area contributed by atoms with Crippen molar-refractivity contribution >= 4 is 21.6 Å². The Balaban J connectivity index is 1.82. The Labute approximate surface area is 168 Å². The fraction of sp³-hybridized carbons (Fsp3) is 0.409. The van der Waals surface area contributed by atoms with E-state index in [0.29, 0.717) is 29.6 Å². The van der Waals surface area contributed by atoms with Crippen LogP contribution in [0, 0.1) is 11.8 Å². The number of hydrogen-bond acceptors (Lipinski definition) is 3. The summed E-state index contributed by atoms with van der Waals surface area (Å²) in [6.07, 6.45) is 1.13. The molecule has 0 unspecified atom stereocenters. The van der Waals surface area contributed by atoms with E-state index in [-0.39, 0.29) is 10.8 Å². The standard InChI is InChI=1S/C22H28N2O3S/c1-4-24(20-8-6-5-7-9-20)28(26,27)21-12-10-19(11-13-21)22(25)23-15-17(2)14-18(3)16-23/h5-13,17-18H,4,14-16H2,1-3H3/t17-,18-/m0/s1. The first kappa shape index (κ1) is 20.4. The van der Waals surface area contributed by atoms with E-state index < -0.39 is 10.0 Å². The predicted molar refractivity (Wildman–Crippen MR) is 112 cm³/mol. The summed E-state index contributed by atoms with van der Waals surface area (Å²) in [5, 5.41) is 0. The lowest BCUT2D eigenvalue weighted by Crippen LogP contribution is -2.42. The van der Waals surface area contributed by atoms with Crippen molar-refractivity contribution in [1.29, 1.82) is 0 Å². The minimum Gasteiger partial charge on any atom is -0.338 e. The molecule has 0 bridgehead atoms. The van der Waals surface area contributed by atoms with E-state index in [1.54, 1.807) is 31.2 Å². The molecule has 2 aromatic rings. The van der Waals surface area contributed by atoms with Crippen molar-refractivity contribution < 1.29 is 13.2 Å². The SMILES string of the molecule is CCN(c1ccccc1)S(=O)(=O)c1ccc(C(=O)N2C[C@@H](C)C[C@H](C)C2)cc1. The van der Waals surface area contributed by atoms with E-state index in [0.717, 1.165) is 19.5 Å². The van der Waals surface area contributed by atoms with E-state index >= 15 is 0 Å². The predicted octanol–water partition coefficient (Wildman–Crippen LogP) is 4.02. The molecule has 0 radical (unpaired) electrons. The number of amides is 1. The number of rotatable bonds is 5. The molecular formula is C22H28N2O3S. The van der Waals surface area contributed by atoms with Gasteiger partial charge in [0.15, 0.2) is 0 Å². The summed E-state index contributed by atoms with van der Waals surface area (Å²) >= 11 is 0. The lowest BCUT2D eigenvalue weighted by Gasteiger charge is -2.35. The van der Waals surface area contributed by atoms with Gasteiger partial charge in [0.1, 0.15) is 0 Å². The number of sulfonamides is 1. The van der Waals surface area contributed by atoms with Gasteiger partial charge in [-0.25, -0.2) is 8.42 Å². The Kier molecular flexibility index (Phi) is 6.08. The molecule has 1 heterocycles. The Morgan fingerprint density at radius 2 is 1.57 bits per heavy atom. The van der Waals surface area contributed by atoms with Gasteiger partial charge in [-0.15, -0.1) is 0 Å². The van der Waals surface area contributed by atoms with Crippen LogP contribution in [0.2, 0.25) is 0 Å². The third-order valence-corrected chi connectivity index (χ3v) is 7.09. The number of nitrogens with zero attached hydrogens (tertiary/aromatic N) is 2. The zero-order valence-electron chi connectivity index (χ0n) is 16.7. The second-order valence-electron chi connectivity index (χ2n) is 7.69. The molecule has 6 heteroatoms. The molecule has 2 atom stereocenters. The second kappa shape index (κ2) is 8.35. The van der Waals surface area contributed by atoms with Crippen LogP contribution in [0.25, 0.3) is 0 Å². The van der Waals surface area contributed by atoms with Crippen LogP contribution >= 0.6 is 0 Å². The second-order valence-corrected chi connectivity index (χ2v) is 9.55. The summed E-state index contributed by atoms with van der Waals surface area (Å²) in [7, 11) is -3.68. The maximum absolute atomic E-state index is 13.1. The number of piperidine rings is 1. The van der Waals surface area contributed by atoms with Crippen molar-refractivity contribution in [3.05, 3.63) is 60.2 Å². The highest BCUT2D eigenvalue weighted by atomic mass is 32.2. The number of carbonyl (C=O) groups is 1. The van der Waals surface area contributed by atoms with E-state index in [4.69, 9.17) is 0 Å². The number of hydrogen-bond donors (Lipinski definition) is 0. The zero-order valence-corrected chi connectivity index (χ0v) is 17.5. The number of anilines is 1. The lowest BCUT2D eigenvalue weighted by atomic mass is 9.91. The van der Waals surface area contributed by atoms with Crippen LogP contribution in [0.4, 0.5) is 5.69 Å². The van der Waals surface area contributed by atoms with Crippen LogP contribution in [0.5, 0.6) is 0 Å². The normalized spacial score (nSPS) is 20.0. The molecule has 0 saturated carbocycles. The number of benzene rings is 2. The Hall–Kier alpha value is -2.34. The van der Waals surface area contributed by atoms with Crippen molar-refractivity contribution in [3.8, 4) is 0 Å². The maximum atomic E-state index is 13.1. The van der Waals surface area contributed by atoms with E-state index in [9.17, 15) is 13.2 Å². The zero-order chi connectivity index (χ0) is 20.3. The van der Waals surface area contributed by atoms with E-state index in [1.165, 1.54) is 16.4 Å². The van der Waals surface area contributed by atoms with Crippen LogP contribution in [-0.2, 0) is 10.0 Å². The highest BCUT2D eigenvalue weighted by Gasteiger charge is 2.27. The molecule has 2 aromatic carbocycles.